The van der Waals surface area contributed by atoms with Crippen molar-refractivity contribution in [2.75, 3.05) is 6.26 Å². The molecule has 0 radical (unpaired) electrons. The van der Waals surface area contributed by atoms with Crippen molar-refractivity contribution < 1.29 is 13.2 Å². The van der Waals surface area contributed by atoms with Gasteiger partial charge in [0, 0.05) is 11.8 Å². The maximum atomic E-state index is 12.4. The Morgan fingerprint density at radius 2 is 1.44 bits per heavy atom. The van der Waals surface area contributed by atoms with Crippen molar-refractivity contribution in [3.8, 4) is 0 Å². The molecule has 0 amide bonds. The van der Waals surface area contributed by atoms with Gasteiger partial charge in [-0.1, -0.05) is 6.07 Å². The maximum absolute atomic E-state index is 12.4. The van der Waals surface area contributed by atoms with E-state index in [4.69, 9.17) is 0 Å². The van der Waals surface area contributed by atoms with Crippen molar-refractivity contribution in [3.05, 3.63) is 34.4 Å². The van der Waals surface area contributed by atoms with Gasteiger partial charge in [-0.25, -0.2) is 8.42 Å². The number of hydrogen-bond acceptors (Lipinski definition) is 3. The number of ketones is 1. The van der Waals surface area contributed by atoms with Gasteiger partial charge in [-0.15, -0.1) is 0 Å². The van der Waals surface area contributed by atoms with Gasteiger partial charge in [0.2, 0.25) is 0 Å². The molecule has 18 heavy (non-hydrogen) atoms. The van der Waals surface area contributed by atoms with Crippen LogP contribution in [0.2, 0.25) is 0 Å². The highest BCUT2D eigenvalue weighted by molar-refractivity contribution is 7.92. The quantitative estimate of drug-likeness (QED) is 0.792. The molecule has 1 aromatic carbocycles. The van der Waals surface area contributed by atoms with Gasteiger partial charge in [0.15, 0.2) is 15.6 Å². The second-order valence-corrected chi connectivity index (χ2v) is 7.93. The van der Waals surface area contributed by atoms with Crippen LogP contribution in [-0.2, 0) is 9.84 Å². The first-order valence-corrected chi connectivity index (χ1v) is 7.70. The van der Waals surface area contributed by atoms with Crippen LogP contribution in [0.25, 0.3) is 0 Å². The Balaban J connectivity index is 3.42. The summed E-state index contributed by atoms with van der Waals surface area (Å²) < 4.78 is 22.0. The minimum atomic E-state index is -3.44. The van der Waals surface area contributed by atoms with Crippen LogP contribution in [0.3, 0.4) is 0 Å². The van der Waals surface area contributed by atoms with Crippen LogP contribution in [-0.4, -0.2) is 25.2 Å². The fourth-order valence-corrected chi connectivity index (χ4v) is 2.14. The highest BCUT2D eigenvalue weighted by atomic mass is 32.2. The summed E-state index contributed by atoms with van der Waals surface area (Å²) in [6.45, 7) is 8.63. The second-order valence-electron chi connectivity index (χ2n) is 5.36. The lowest BCUT2D eigenvalue weighted by Crippen LogP contribution is -2.40. The summed E-state index contributed by atoms with van der Waals surface area (Å²) >= 11 is 0. The fraction of sp³-hybridized carbons (Fsp3) is 0.500. The number of hydrogen-bond donors (Lipinski definition) is 0. The lowest BCUT2D eigenvalue weighted by atomic mass is 9.93. The van der Waals surface area contributed by atoms with Crippen LogP contribution in [0, 0.1) is 20.8 Å². The predicted molar refractivity (Wildman–Crippen MR) is 73.9 cm³/mol. The van der Waals surface area contributed by atoms with Crippen molar-refractivity contribution in [2.24, 2.45) is 0 Å². The second kappa shape index (κ2) is 4.50. The minimum absolute atomic E-state index is 0.342. The van der Waals surface area contributed by atoms with Gasteiger partial charge < -0.3 is 0 Å². The topological polar surface area (TPSA) is 51.2 Å². The smallest absolute Gasteiger partial charge is 0.183 e. The third kappa shape index (κ3) is 2.48. The van der Waals surface area contributed by atoms with Crippen molar-refractivity contribution in [1.29, 1.82) is 0 Å². The molecule has 0 saturated carbocycles. The summed E-state index contributed by atoms with van der Waals surface area (Å²) in [5.41, 5.74) is 3.41. The largest absolute Gasteiger partial charge is 0.292 e. The third-order valence-corrected chi connectivity index (χ3v) is 5.60. The number of rotatable bonds is 3. The Bertz CT molecular complexity index is 596. The summed E-state index contributed by atoms with van der Waals surface area (Å²) in [4.78, 5) is 12.4. The van der Waals surface area contributed by atoms with Gasteiger partial charge in [-0.2, -0.15) is 0 Å². The van der Waals surface area contributed by atoms with E-state index in [0.29, 0.717) is 5.56 Å². The van der Waals surface area contributed by atoms with Crippen LogP contribution in [0.15, 0.2) is 12.1 Å². The third-order valence-electron chi connectivity index (χ3n) is 3.56. The molecule has 1 aromatic rings. The first kappa shape index (κ1) is 14.9. The van der Waals surface area contributed by atoms with Gasteiger partial charge in [0.25, 0.3) is 0 Å². The van der Waals surface area contributed by atoms with Gasteiger partial charge in [0.1, 0.15) is 4.75 Å². The first-order valence-electron chi connectivity index (χ1n) is 5.80. The zero-order valence-electron chi connectivity index (χ0n) is 11.8. The monoisotopic (exact) mass is 268 g/mol. The number of aryl methyl sites for hydroxylation is 3. The molecule has 0 bridgehead atoms. The lowest BCUT2D eigenvalue weighted by molar-refractivity contribution is 0.0953. The Morgan fingerprint density at radius 3 is 1.89 bits per heavy atom. The van der Waals surface area contributed by atoms with Gasteiger partial charge in [-0.3, -0.25) is 4.79 Å². The SMILES string of the molecule is Cc1cc(C)c(C(=O)C(C)(C)S(C)(=O)=O)cc1C. The molecular weight excluding hydrogens is 248 g/mol. The molecule has 0 aliphatic rings. The van der Waals surface area contributed by atoms with Crippen molar-refractivity contribution in [1.82, 2.24) is 0 Å². The number of carbonyl (C=O) groups is 1. The molecule has 0 aliphatic heterocycles. The van der Waals surface area contributed by atoms with Crippen molar-refractivity contribution >= 4 is 15.6 Å². The zero-order chi connectivity index (χ0) is 14.3. The predicted octanol–water partition coefficient (Wildman–Crippen LogP) is 2.62. The number of sulfone groups is 1. The molecule has 0 spiro atoms. The number of benzene rings is 1. The summed E-state index contributed by atoms with van der Waals surface area (Å²) in [6.07, 6.45) is 1.10. The van der Waals surface area contributed by atoms with E-state index in [1.807, 2.05) is 26.8 Å². The Labute approximate surface area is 109 Å². The van der Waals surface area contributed by atoms with Gasteiger partial charge in [0.05, 0.1) is 0 Å². The van der Waals surface area contributed by atoms with E-state index >= 15 is 0 Å². The first-order chi connectivity index (χ1) is 7.98. The molecule has 0 aliphatic carbocycles. The Kier molecular flexibility index (Phi) is 3.73. The van der Waals surface area contributed by atoms with Crippen molar-refractivity contribution in [2.45, 2.75) is 39.4 Å². The molecule has 0 saturated heterocycles. The average molecular weight is 268 g/mol. The Morgan fingerprint density at radius 1 is 1.00 bits per heavy atom. The van der Waals surface area contributed by atoms with Gasteiger partial charge in [-0.05, 0) is 57.4 Å². The molecule has 3 nitrogen and oxygen atoms in total. The maximum Gasteiger partial charge on any atom is 0.183 e. The van der Waals surface area contributed by atoms with E-state index in [2.05, 4.69) is 0 Å². The molecule has 4 heteroatoms. The zero-order valence-corrected chi connectivity index (χ0v) is 12.6. The van der Waals surface area contributed by atoms with Crippen LogP contribution < -0.4 is 0 Å². The molecule has 100 valence electrons. The molecule has 0 aromatic heterocycles. The van der Waals surface area contributed by atoms with E-state index in [9.17, 15) is 13.2 Å². The van der Waals surface area contributed by atoms with Crippen LogP contribution in [0.1, 0.15) is 40.9 Å². The Hall–Kier alpha value is -1.16. The lowest BCUT2D eigenvalue weighted by Gasteiger charge is -2.22. The van der Waals surface area contributed by atoms with E-state index in [-0.39, 0.29) is 5.78 Å². The van der Waals surface area contributed by atoms with Crippen LogP contribution in [0.4, 0.5) is 0 Å². The average Bonchev–Trinajstić information content (AvgIpc) is 2.20. The normalized spacial score (nSPS) is 12.6. The standard InChI is InChI=1S/C14H20O3S/c1-9-7-11(3)12(8-10(9)2)13(15)14(4,5)18(6,16)17/h7-8H,1-6H3. The summed E-state index contributed by atoms with van der Waals surface area (Å²) in [6, 6.07) is 3.70. The summed E-state index contributed by atoms with van der Waals surface area (Å²) in [5, 5.41) is 0. The molecular formula is C14H20O3S. The fourth-order valence-electron chi connectivity index (χ4n) is 1.70. The number of Topliss-reactive ketones (excluding diaryl/α,β-unsaturated/α-hetero) is 1. The summed E-state index contributed by atoms with van der Waals surface area (Å²) in [7, 11) is -3.44. The summed E-state index contributed by atoms with van der Waals surface area (Å²) in [5.74, 6) is -0.342. The highest BCUT2D eigenvalue weighted by Crippen LogP contribution is 2.25. The molecule has 0 heterocycles. The van der Waals surface area contributed by atoms with E-state index in [1.165, 1.54) is 13.8 Å². The van der Waals surface area contributed by atoms with Crippen LogP contribution in [0.5, 0.6) is 0 Å². The van der Waals surface area contributed by atoms with Crippen LogP contribution >= 0.6 is 0 Å². The molecule has 0 atom stereocenters. The molecule has 1 rings (SSSR count). The van der Waals surface area contributed by atoms with E-state index in [0.717, 1.165) is 22.9 Å². The molecule has 0 fully saturated rings. The van der Waals surface area contributed by atoms with Gasteiger partial charge >= 0.3 is 0 Å². The van der Waals surface area contributed by atoms with E-state index < -0.39 is 14.6 Å². The highest BCUT2D eigenvalue weighted by Gasteiger charge is 2.39. The van der Waals surface area contributed by atoms with Crippen molar-refractivity contribution in [3.63, 3.8) is 0 Å². The number of carbonyl (C=O) groups excluding carboxylic acids is 1. The minimum Gasteiger partial charge on any atom is -0.292 e. The molecule has 0 N–H and O–H groups in total. The molecule has 0 unspecified atom stereocenters. The van der Waals surface area contributed by atoms with E-state index in [1.54, 1.807) is 6.07 Å².